The zero-order valence-corrected chi connectivity index (χ0v) is 15.1. The summed E-state index contributed by atoms with van der Waals surface area (Å²) in [6, 6.07) is 7.41. The Hall–Kier alpha value is -2.61. The highest BCUT2D eigenvalue weighted by molar-refractivity contribution is 6.03. The number of rotatable bonds is 2. The summed E-state index contributed by atoms with van der Waals surface area (Å²) in [4.78, 5) is 35.2. The molecule has 0 aromatic heterocycles. The van der Waals surface area contributed by atoms with Crippen molar-refractivity contribution < 1.29 is 9.59 Å². The molecule has 0 saturated carbocycles. The minimum absolute atomic E-state index is 0.279. The summed E-state index contributed by atoms with van der Waals surface area (Å²) in [5, 5.41) is 5.79. The largest absolute Gasteiger partial charge is 0.340 e. The van der Waals surface area contributed by atoms with E-state index in [0.29, 0.717) is 6.54 Å². The average molecular weight is 356 g/mol. The maximum Gasteiger partial charge on any atom is 0.325 e. The van der Waals surface area contributed by atoms with Crippen molar-refractivity contribution in [3.63, 3.8) is 0 Å². The van der Waals surface area contributed by atoms with Crippen LogP contribution in [-0.2, 0) is 11.3 Å². The molecular weight excluding hydrogens is 332 g/mol. The van der Waals surface area contributed by atoms with Gasteiger partial charge in [0.05, 0.1) is 0 Å². The Morgan fingerprint density at radius 3 is 2.54 bits per heavy atom. The summed E-state index contributed by atoms with van der Waals surface area (Å²) in [5.41, 5.74) is 2.32. The van der Waals surface area contributed by atoms with E-state index in [1.807, 2.05) is 4.90 Å². The van der Waals surface area contributed by atoms with Crippen LogP contribution >= 0.6 is 0 Å². The summed E-state index contributed by atoms with van der Waals surface area (Å²) in [6.07, 6.45) is -0.480. The van der Waals surface area contributed by atoms with E-state index in [-0.39, 0.29) is 5.91 Å². The molecule has 138 valence electrons. The molecule has 3 aliphatic heterocycles. The lowest BCUT2D eigenvalue weighted by Gasteiger charge is -2.38. The van der Waals surface area contributed by atoms with E-state index >= 15 is 0 Å². The molecule has 0 bridgehead atoms. The zero-order valence-electron chi connectivity index (χ0n) is 15.1. The molecular formula is C18H24N6O2. The molecule has 2 fully saturated rings. The first-order valence-corrected chi connectivity index (χ1v) is 8.98. The first-order chi connectivity index (χ1) is 12.5. The van der Waals surface area contributed by atoms with Crippen molar-refractivity contribution in [2.75, 3.05) is 33.2 Å². The van der Waals surface area contributed by atoms with E-state index in [0.717, 1.165) is 37.7 Å². The van der Waals surface area contributed by atoms with Gasteiger partial charge in [0.2, 0.25) is 0 Å². The molecule has 1 aromatic rings. The van der Waals surface area contributed by atoms with Crippen molar-refractivity contribution in [2.45, 2.75) is 25.7 Å². The quantitative estimate of drug-likeness (QED) is 0.777. The van der Waals surface area contributed by atoms with Gasteiger partial charge in [-0.25, -0.2) is 9.79 Å². The number of hydrogen-bond acceptors (Lipinski definition) is 6. The smallest absolute Gasteiger partial charge is 0.325 e. The van der Waals surface area contributed by atoms with Gasteiger partial charge in [-0.3, -0.25) is 10.1 Å². The Morgan fingerprint density at radius 2 is 1.85 bits per heavy atom. The van der Waals surface area contributed by atoms with Crippen molar-refractivity contribution in [3.05, 3.63) is 35.4 Å². The van der Waals surface area contributed by atoms with Crippen LogP contribution < -0.4 is 10.6 Å². The van der Waals surface area contributed by atoms with E-state index in [9.17, 15) is 9.59 Å². The Balaban J connectivity index is 1.67. The average Bonchev–Trinajstić information content (AvgIpc) is 3.02. The Morgan fingerprint density at radius 1 is 1.15 bits per heavy atom. The molecule has 4 rings (SSSR count). The molecule has 0 spiro atoms. The summed E-state index contributed by atoms with van der Waals surface area (Å²) >= 11 is 0. The molecule has 8 heteroatoms. The van der Waals surface area contributed by atoms with Gasteiger partial charge in [0, 0.05) is 39.8 Å². The molecule has 0 aliphatic carbocycles. The fraction of sp³-hybridized carbons (Fsp3) is 0.500. The van der Waals surface area contributed by atoms with Crippen LogP contribution in [-0.4, -0.2) is 78.0 Å². The van der Waals surface area contributed by atoms with E-state index < -0.39 is 18.2 Å². The minimum atomic E-state index is -0.496. The van der Waals surface area contributed by atoms with Crippen molar-refractivity contribution in [1.29, 1.82) is 0 Å². The number of carbonyl (C=O) groups is 2. The highest BCUT2D eigenvalue weighted by Gasteiger charge is 2.49. The molecule has 2 atom stereocenters. The summed E-state index contributed by atoms with van der Waals surface area (Å²) in [5.74, 6) is 0.526. The topological polar surface area (TPSA) is 80.3 Å². The van der Waals surface area contributed by atoms with Crippen LogP contribution in [0.2, 0.25) is 0 Å². The Labute approximate surface area is 152 Å². The minimum Gasteiger partial charge on any atom is -0.340 e. The first kappa shape index (κ1) is 16.8. The molecule has 2 N–H and O–H groups in total. The predicted octanol–water partition coefficient (Wildman–Crippen LogP) is -0.0519. The lowest BCUT2D eigenvalue weighted by Crippen LogP contribution is -2.64. The molecule has 0 radical (unpaired) electrons. The van der Waals surface area contributed by atoms with Crippen LogP contribution in [0.25, 0.3) is 0 Å². The number of guanidine groups is 1. The number of imide groups is 1. The third-order valence-corrected chi connectivity index (χ3v) is 5.21. The Bertz CT molecular complexity index is 741. The fourth-order valence-electron chi connectivity index (χ4n) is 3.70. The number of aryl methyl sites for hydroxylation is 1. The number of fused-ring (bicyclic) bond motifs is 1. The van der Waals surface area contributed by atoms with Gasteiger partial charge in [-0.2, -0.15) is 0 Å². The number of hydrogen-bond donors (Lipinski definition) is 2. The number of piperazine rings is 1. The molecule has 8 nitrogen and oxygen atoms in total. The number of amides is 3. The van der Waals surface area contributed by atoms with Crippen molar-refractivity contribution in [1.82, 2.24) is 25.3 Å². The summed E-state index contributed by atoms with van der Waals surface area (Å²) in [6.45, 7) is 6.07. The van der Waals surface area contributed by atoms with Gasteiger partial charge in [-0.1, -0.05) is 29.8 Å². The molecule has 3 aliphatic rings. The second-order valence-electron chi connectivity index (χ2n) is 7.04. The highest BCUT2D eigenvalue weighted by Crippen LogP contribution is 2.27. The van der Waals surface area contributed by atoms with E-state index in [1.54, 1.807) is 7.05 Å². The number of urea groups is 1. The van der Waals surface area contributed by atoms with E-state index in [1.165, 1.54) is 10.5 Å². The molecule has 3 heterocycles. The summed E-state index contributed by atoms with van der Waals surface area (Å²) < 4.78 is 0. The lowest BCUT2D eigenvalue weighted by molar-refractivity contribution is -0.127. The molecule has 3 amide bonds. The van der Waals surface area contributed by atoms with E-state index in [2.05, 4.69) is 46.7 Å². The summed E-state index contributed by atoms with van der Waals surface area (Å²) in [7, 11) is 1.69. The van der Waals surface area contributed by atoms with Crippen molar-refractivity contribution in [3.8, 4) is 0 Å². The van der Waals surface area contributed by atoms with Crippen LogP contribution in [0, 0.1) is 6.92 Å². The lowest BCUT2D eigenvalue weighted by atomic mass is 10.1. The number of benzene rings is 1. The highest BCUT2D eigenvalue weighted by atomic mass is 16.2. The fourth-order valence-corrected chi connectivity index (χ4v) is 3.70. The van der Waals surface area contributed by atoms with Gasteiger partial charge in [-0.15, -0.1) is 0 Å². The van der Waals surface area contributed by atoms with Crippen molar-refractivity contribution in [2.24, 2.45) is 4.99 Å². The third-order valence-electron chi connectivity index (χ3n) is 5.21. The molecule has 2 unspecified atom stereocenters. The van der Waals surface area contributed by atoms with Gasteiger partial charge in [0.15, 0.2) is 18.2 Å². The van der Waals surface area contributed by atoms with Gasteiger partial charge in [-0.05, 0) is 12.5 Å². The maximum absolute atomic E-state index is 12.6. The van der Waals surface area contributed by atoms with Gasteiger partial charge in [0.25, 0.3) is 5.91 Å². The number of carbonyl (C=O) groups excluding carboxylic acids is 2. The van der Waals surface area contributed by atoms with Crippen LogP contribution in [0.5, 0.6) is 0 Å². The first-order valence-electron chi connectivity index (χ1n) is 8.98. The normalized spacial score (nSPS) is 25.9. The second kappa shape index (κ2) is 6.60. The molecule has 2 saturated heterocycles. The number of likely N-dealkylation sites (N-methyl/N-ethyl adjacent to an activating group) is 1. The van der Waals surface area contributed by atoms with Crippen LogP contribution in [0.1, 0.15) is 11.1 Å². The van der Waals surface area contributed by atoms with Gasteiger partial charge >= 0.3 is 6.03 Å². The number of nitrogens with one attached hydrogen (secondary N) is 2. The SMILES string of the molecule is Cc1ccc(CN2C(N3CCNCC3)=NC3C2C(=O)NC(=O)N3C)cc1. The van der Waals surface area contributed by atoms with Gasteiger partial charge in [0.1, 0.15) is 0 Å². The maximum atomic E-state index is 12.6. The Kier molecular flexibility index (Phi) is 4.28. The second-order valence-corrected chi connectivity index (χ2v) is 7.04. The third kappa shape index (κ3) is 2.90. The number of aliphatic imine (C=N–C) groups is 1. The standard InChI is InChI=1S/C18H24N6O2/c1-12-3-5-13(6-4-12)11-24-14-15(22(2)18(26)21-16(14)25)20-17(24)23-9-7-19-8-10-23/h3-6,14-15,19H,7-11H2,1-2H3,(H,21,25,26). The van der Waals surface area contributed by atoms with E-state index in [4.69, 9.17) is 4.99 Å². The molecule has 1 aromatic carbocycles. The number of nitrogens with zero attached hydrogens (tertiary/aromatic N) is 4. The van der Waals surface area contributed by atoms with Crippen LogP contribution in [0.4, 0.5) is 4.79 Å². The van der Waals surface area contributed by atoms with Crippen LogP contribution in [0.15, 0.2) is 29.3 Å². The van der Waals surface area contributed by atoms with Crippen molar-refractivity contribution >= 4 is 17.9 Å². The van der Waals surface area contributed by atoms with Crippen LogP contribution in [0.3, 0.4) is 0 Å². The zero-order chi connectivity index (χ0) is 18.3. The monoisotopic (exact) mass is 356 g/mol. The molecule has 26 heavy (non-hydrogen) atoms. The predicted molar refractivity (Wildman–Crippen MR) is 97.5 cm³/mol. The van der Waals surface area contributed by atoms with Gasteiger partial charge < -0.3 is 20.0 Å².